The Labute approximate surface area is 183 Å². The highest BCUT2D eigenvalue weighted by atomic mass is 35.5. The smallest absolute Gasteiger partial charge is 0.410 e. The molecule has 7 heteroatoms. The van der Waals surface area contributed by atoms with E-state index in [1.165, 1.54) is 0 Å². The van der Waals surface area contributed by atoms with Gasteiger partial charge < -0.3 is 23.8 Å². The van der Waals surface area contributed by atoms with Crippen LogP contribution in [0.4, 0.5) is 4.79 Å². The highest BCUT2D eigenvalue weighted by molar-refractivity contribution is 6.32. The molecule has 3 fully saturated rings. The second-order valence-corrected chi connectivity index (χ2v) is 9.98. The molecule has 0 saturated carbocycles. The van der Waals surface area contributed by atoms with Crippen molar-refractivity contribution < 1.29 is 23.7 Å². The van der Waals surface area contributed by atoms with Crippen molar-refractivity contribution in [3.05, 3.63) is 28.8 Å². The number of hydrogen-bond donors (Lipinski definition) is 0. The van der Waals surface area contributed by atoms with Crippen LogP contribution in [0.5, 0.6) is 5.75 Å². The summed E-state index contributed by atoms with van der Waals surface area (Å²) in [6.45, 7) is 7.61. The Morgan fingerprint density at radius 1 is 1.20 bits per heavy atom. The Hall–Kier alpha value is -1.50. The molecule has 3 heterocycles. The third-order valence-corrected chi connectivity index (χ3v) is 6.21. The third kappa shape index (κ3) is 5.04. The van der Waals surface area contributed by atoms with Gasteiger partial charge in [0.05, 0.1) is 5.02 Å². The number of halogens is 1. The minimum Gasteiger partial charge on any atom is -0.489 e. The zero-order valence-electron chi connectivity index (χ0n) is 18.2. The lowest BCUT2D eigenvalue weighted by atomic mass is 9.83. The number of carbonyl (C=O) groups is 1. The normalized spacial score (nSPS) is 31.1. The van der Waals surface area contributed by atoms with Crippen molar-refractivity contribution in [2.75, 3.05) is 0 Å². The van der Waals surface area contributed by atoms with Crippen LogP contribution in [0.1, 0.15) is 65.4 Å². The van der Waals surface area contributed by atoms with Crippen LogP contribution in [0.2, 0.25) is 5.02 Å². The van der Waals surface area contributed by atoms with E-state index < -0.39 is 5.60 Å². The zero-order chi connectivity index (χ0) is 21.5. The average Bonchev–Trinajstić information content (AvgIpc) is 2.60. The molecule has 3 aliphatic heterocycles. The summed E-state index contributed by atoms with van der Waals surface area (Å²) in [5, 5.41) is 0.597. The number of benzene rings is 1. The maximum atomic E-state index is 12.7. The lowest BCUT2D eigenvalue weighted by molar-refractivity contribution is -0.374. The zero-order valence-corrected chi connectivity index (χ0v) is 19.0. The lowest BCUT2D eigenvalue weighted by Gasteiger charge is -2.48. The standard InChI is InChI=1S/C23H32ClNO5/c1-14-27-21(28-14)11-15-8-9-20(19(24)10-15)29-18-12-16-6-5-7-17(13-18)25(16)22(26)30-23(2,3)4/h8-10,14,16-18,21H,5-7,11-13H2,1-4H3/t14?,16-,17+,18?,21?. The van der Waals surface area contributed by atoms with Crippen LogP contribution in [0.15, 0.2) is 18.2 Å². The Bertz CT molecular complexity index is 759. The molecule has 1 aromatic carbocycles. The van der Waals surface area contributed by atoms with Crippen LogP contribution in [-0.4, -0.2) is 47.4 Å². The quantitative estimate of drug-likeness (QED) is 0.639. The number of rotatable bonds is 4. The second kappa shape index (κ2) is 8.56. The van der Waals surface area contributed by atoms with Crippen LogP contribution in [0.3, 0.4) is 0 Å². The summed E-state index contributed by atoms with van der Waals surface area (Å²) in [5.74, 6) is 0.693. The first-order valence-corrected chi connectivity index (χ1v) is 11.3. The fourth-order valence-electron chi connectivity index (χ4n) is 4.71. The predicted octanol–water partition coefficient (Wildman–Crippen LogP) is 5.30. The highest BCUT2D eigenvalue weighted by Crippen LogP contribution is 2.38. The van der Waals surface area contributed by atoms with Gasteiger partial charge in [0, 0.05) is 31.3 Å². The molecule has 0 aromatic heterocycles. The number of piperidine rings is 2. The van der Waals surface area contributed by atoms with E-state index in [0.717, 1.165) is 37.7 Å². The Kier molecular flexibility index (Phi) is 6.20. The molecule has 0 aliphatic carbocycles. The SMILES string of the molecule is CC1OC(Cc2ccc(OC3C[C@H]4CCC[C@@H](C3)N4C(=O)OC(C)(C)C)c(Cl)c2)O1. The Morgan fingerprint density at radius 3 is 2.43 bits per heavy atom. The highest BCUT2D eigenvalue weighted by Gasteiger charge is 2.43. The van der Waals surface area contributed by atoms with Crippen LogP contribution >= 0.6 is 11.6 Å². The summed E-state index contributed by atoms with van der Waals surface area (Å²) in [6.07, 6.45) is 4.91. The molecule has 3 saturated heterocycles. The van der Waals surface area contributed by atoms with E-state index in [9.17, 15) is 4.79 Å². The molecule has 30 heavy (non-hydrogen) atoms. The maximum Gasteiger partial charge on any atom is 0.410 e. The van der Waals surface area contributed by atoms with Crippen molar-refractivity contribution in [3.8, 4) is 5.75 Å². The van der Waals surface area contributed by atoms with Crippen molar-refractivity contribution in [2.45, 2.75) is 103 Å². The van der Waals surface area contributed by atoms with E-state index in [-0.39, 0.29) is 36.9 Å². The van der Waals surface area contributed by atoms with Crippen LogP contribution in [0.25, 0.3) is 0 Å². The van der Waals surface area contributed by atoms with Gasteiger partial charge in [-0.1, -0.05) is 17.7 Å². The van der Waals surface area contributed by atoms with Gasteiger partial charge in [-0.3, -0.25) is 0 Å². The van der Waals surface area contributed by atoms with Gasteiger partial charge in [0.2, 0.25) is 0 Å². The van der Waals surface area contributed by atoms with Crippen molar-refractivity contribution in [3.63, 3.8) is 0 Å². The van der Waals surface area contributed by atoms with Crippen LogP contribution in [0, 0.1) is 0 Å². The fourth-order valence-corrected chi connectivity index (χ4v) is 4.96. The molecular formula is C23H32ClNO5. The minimum atomic E-state index is -0.485. The number of amides is 1. The molecule has 4 rings (SSSR count). The van der Waals surface area contributed by atoms with E-state index in [4.69, 9.17) is 30.5 Å². The molecule has 6 nitrogen and oxygen atoms in total. The van der Waals surface area contributed by atoms with Gasteiger partial charge in [-0.2, -0.15) is 0 Å². The fraction of sp³-hybridized carbons (Fsp3) is 0.696. The number of nitrogens with zero attached hydrogens (tertiary/aromatic N) is 1. The largest absolute Gasteiger partial charge is 0.489 e. The summed E-state index contributed by atoms with van der Waals surface area (Å²) in [4.78, 5) is 14.7. The first-order valence-electron chi connectivity index (χ1n) is 11.0. The van der Waals surface area contributed by atoms with Gasteiger partial charge in [0.15, 0.2) is 12.6 Å². The molecule has 1 unspecified atom stereocenters. The summed E-state index contributed by atoms with van der Waals surface area (Å²) in [5.41, 5.74) is 0.572. The first-order chi connectivity index (χ1) is 14.2. The minimum absolute atomic E-state index is 0.0430. The summed E-state index contributed by atoms with van der Waals surface area (Å²) >= 11 is 6.50. The van der Waals surface area contributed by atoms with E-state index in [1.807, 2.05) is 50.8 Å². The number of ether oxygens (including phenoxy) is 4. The lowest BCUT2D eigenvalue weighted by Crippen LogP contribution is -2.57. The first kappa shape index (κ1) is 21.7. The van der Waals surface area contributed by atoms with Gasteiger partial charge in [0.1, 0.15) is 17.5 Å². The Balaban J connectivity index is 1.37. The molecular weight excluding hydrogens is 406 g/mol. The van der Waals surface area contributed by atoms with Gasteiger partial charge >= 0.3 is 6.09 Å². The molecule has 0 spiro atoms. The summed E-state index contributed by atoms with van der Waals surface area (Å²) in [7, 11) is 0. The number of carbonyl (C=O) groups excluding carboxylic acids is 1. The van der Waals surface area contributed by atoms with E-state index in [2.05, 4.69) is 0 Å². The van der Waals surface area contributed by atoms with Gasteiger partial charge in [-0.05, 0) is 64.7 Å². The van der Waals surface area contributed by atoms with Crippen molar-refractivity contribution in [1.82, 2.24) is 4.90 Å². The van der Waals surface area contributed by atoms with Crippen molar-refractivity contribution >= 4 is 17.7 Å². The van der Waals surface area contributed by atoms with E-state index in [0.29, 0.717) is 17.2 Å². The topological polar surface area (TPSA) is 57.2 Å². The van der Waals surface area contributed by atoms with Crippen molar-refractivity contribution in [1.29, 1.82) is 0 Å². The molecule has 3 aliphatic rings. The molecule has 166 valence electrons. The third-order valence-electron chi connectivity index (χ3n) is 5.91. The molecule has 0 radical (unpaired) electrons. The molecule has 2 bridgehead atoms. The van der Waals surface area contributed by atoms with E-state index in [1.54, 1.807) is 0 Å². The van der Waals surface area contributed by atoms with Gasteiger partial charge in [0.25, 0.3) is 0 Å². The van der Waals surface area contributed by atoms with Gasteiger partial charge in [-0.15, -0.1) is 0 Å². The summed E-state index contributed by atoms with van der Waals surface area (Å²) < 4.78 is 22.9. The van der Waals surface area contributed by atoms with Gasteiger partial charge in [-0.25, -0.2) is 4.79 Å². The van der Waals surface area contributed by atoms with Crippen molar-refractivity contribution in [2.24, 2.45) is 0 Å². The van der Waals surface area contributed by atoms with Crippen LogP contribution in [-0.2, 0) is 20.6 Å². The Morgan fingerprint density at radius 2 is 1.87 bits per heavy atom. The monoisotopic (exact) mass is 437 g/mol. The number of hydrogen-bond acceptors (Lipinski definition) is 5. The molecule has 1 amide bonds. The van der Waals surface area contributed by atoms with Crippen LogP contribution < -0.4 is 4.74 Å². The molecule has 3 atom stereocenters. The average molecular weight is 438 g/mol. The maximum absolute atomic E-state index is 12.7. The van der Waals surface area contributed by atoms with E-state index >= 15 is 0 Å². The molecule has 1 aromatic rings. The molecule has 0 N–H and O–H groups in total. The number of fused-ring (bicyclic) bond motifs is 2. The summed E-state index contributed by atoms with van der Waals surface area (Å²) in [6, 6.07) is 6.17. The predicted molar refractivity (Wildman–Crippen MR) is 114 cm³/mol. The second-order valence-electron chi connectivity index (χ2n) is 9.58.